The second kappa shape index (κ2) is 7.55. The first kappa shape index (κ1) is 17.7. The Kier molecular flexibility index (Phi) is 4.60. The van der Waals surface area contributed by atoms with Crippen LogP contribution >= 0.6 is 0 Å². The number of anilines is 1. The number of para-hydroxylation sites is 1. The van der Waals surface area contributed by atoms with Gasteiger partial charge in [0.1, 0.15) is 17.3 Å². The van der Waals surface area contributed by atoms with Crippen molar-refractivity contribution < 1.29 is 4.74 Å². The molecule has 0 radical (unpaired) electrons. The number of fused-ring (bicyclic) bond motifs is 1. The van der Waals surface area contributed by atoms with Crippen LogP contribution < -0.4 is 10.5 Å². The van der Waals surface area contributed by atoms with Crippen LogP contribution in [0.1, 0.15) is 37.3 Å². The van der Waals surface area contributed by atoms with Gasteiger partial charge in [-0.05, 0) is 60.4 Å². The van der Waals surface area contributed by atoms with E-state index in [9.17, 15) is 0 Å². The highest BCUT2D eigenvalue weighted by atomic mass is 16.5. The number of rotatable bonds is 4. The summed E-state index contributed by atoms with van der Waals surface area (Å²) >= 11 is 0. The van der Waals surface area contributed by atoms with Gasteiger partial charge in [0.25, 0.3) is 0 Å². The number of nitrogens with two attached hydrogens (primary N) is 1. The van der Waals surface area contributed by atoms with Crippen LogP contribution in [0.4, 0.5) is 5.82 Å². The maximum absolute atomic E-state index is 6.25. The van der Waals surface area contributed by atoms with Gasteiger partial charge in [0, 0.05) is 17.8 Å². The van der Waals surface area contributed by atoms with Crippen LogP contribution in [0.5, 0.6) is 11.5 Å². The van der Waals surface area contributed by atoms with Crippen LogP contribution in [-0.2, 0) is 0 Å². The summed E-state index contributed by atoms with van der Waals surface area (Å²) in [4.78, 5) is 9.24. The van der Waals surface area contributed by atoms with Crippen molar-refractivity contribution in [3.8, 4) is 22.6 Å². The fraction of sp³-hybridized carbons (Fsp3) is 0.200. The predicted octanol–water partition coefficient (Wildman–Crippen LogP) is 6.33. The van der Waals surface area contributed by atoms with Crippen molar-refractivity contribution in [3.63, 3.8) is 0 Å². The molecule has 1 aliphatic carbocycles. The minimum atomic E-state index is 0.521. The lowest BCUT2D eigenvalue weighted by Gasteiger charge is -2.15. The molecule has 1 saturated carbocycles. The number of nitrogen functional groups attached to an aromatic ring is 1. The van der Waals surface area contributed by atoms with E-state index in [2.05, 4.69) is 23.2 Å². The summed E-state index contributed by atoms with van der Waals surface area (Å²) in [6.07, 6.45) is 6.72. The van der Waals surface area contributed by atoms with Crippen molar-refractivity contribution in [2.75, 3.05) is 5.73 Å². The van der Waals surface area contributed by atoms with E-state index in [-0.39, 0.29) is 0 Å². The van der Waals surface area contributed by atoms with Crippen molar-refractivity contribution in [2.24, 2.45) is 0 Å². The van der Waals surface area contributed by atoms with E-state index in [1.54, 1.807) is 6.20 Å². The maximum atomic E-state index is 6.25. The second-order valence-electron chi connectivity index (χ2n) is 7.61. The number of benzene rings is 2. The van der Waals surface area contributed by atoms with Gasteiger partial charge in [-0.25, -0.2) is 4.98 Å². The average molecular weight is 381 g/mol. The van der Waals surface area contributed by atoms with Gasteiger partial charge in [0.15, 0.2) is 0 Å². The summed E-state index contributed by atoms with van der Waals surface area (Å²) in [5, 5.41) is 0.922. The molecule has 29 heavy (non-hydrogen) atoms. The molecule has 2 aromatic carbocycles. The molecule has 1 fully saturated rings. The Morgan fingerprint density at radius 3 is 2.34 bits per heavy atom. The predicted molar refractivity (Wildman–Crippen MR) is 117 cm³/mol. The first-order chi connectivity index (χ1) is 14.3. The molecular weight excluding hydrogens is 358 g/mol. The second-order valence-corrected chi connectivity index (χ2v) is 7.61. The lowest BCUT2D eigenvalue weighted by Crippen LogP contribution is -2.01. The quantitative estimate of drug-likeness (QED) is 0.449. The Morgan fingerprint density at radius 2 is 1.59 bits per heavy atom. The lowest BCUT2D eigenvalue weighted by molar-refractivity contribution is 0.483. The third-order valence-corrected chi connectivity index (χ3v) is 5.69. The summed E-state index contributed by atoms with van der Waals surface area (Å²) in [5.41, 5.74) is 10.5. The number of aromatic nitrogens is 2. The highest BCUT2D eigenvalue weighted by Crippen LogP contribution is 2.38. The van der Waals surface area contributed by atoms with Gasteiger partial charge in [0.2, 0.25) is 0 Å². The van der Waals surface area contributed by atoms with Gasteiger partial charge < -0.3 is 10.5 Å². The van der Waals surface area contributed by atoms with Crippen LogP contribution in [0.25, 0.3) is 22.0 Å². The number of ether oxygens (including phenoxy) is 1. The Morgan fingerprint density at radius 1 is 0.862 bits per heavy atom. The van der Waals surface area contributed by atoms with Gasteiger partial charge in [-0.15, -0.1) is 0 Å². The smallest absolute Gasteiger partial charge is 0.133 e. The minimum Gasteiger partial charge on any atom is -0.457 e. The molecule has 2 N–H and O–H groups in total. The number of hydrogen-bond acceptors (Lipinski definition) is 4. The zero-order valence-electron chi connectivity index (χ0n) is 16.2. The van der Waals surface area contributed by atoms with E-state index < -0.39 is 0 Å². The fourth-order valence-electron chi connectivity index (χ4n) is 4.21. The van der Waals surface area contributed by atoms with Gasteiger partial charge in [-0.2, -0.15) is 0 Å². The van der Waals surface area contributed by atoms with E-state index in [0.717, 1.165) is 33.5 Å². The Bertz CT molecular complexity index is 1130. The molecule has 4 heteroatoms. The van der Waals surface area contributed by atoms with E-state index in [1.165, 1.54) is 31.4 Å². The van der Waals surface area contributed by atoms with Gasteiger partial charge in [-0.3, -0.25) is 4.98 Å². The highest BCUT2D eigenvalue weighted by Gasteiger charge is 2.21. The maximum Gasteiger partial charge on any atom is 0.133 e. The topological polar surface area (TPSA) is 61.0 Å². The van der Waals surface area contributed by atoms with Gasteiger partial charge in [0.05, 0.1) is 10.9 Å². The van der Waals surface area contributed by atoms with E-state index in [4.69, 9.17) is 15.5 Å². The number of hydrogen-bond donors (Lipinski definition) is 1. The molecule has 5 rings (SSSR count). The molecule has 2 heterocycles. The summed E-state index contributed by atoms with van der Waals surface area (Å²) in [6.45, 7) is 0. The monoisotopic (exact) mass is 381 g/mol. The summed E-state index contributed by atoms with van der Waals surface area (Å²) in [5.74, 6) is 2.69. The van der Waals surface area contributed by atoms with Gasteiger partial charge >= 0.3 is 0 Å². The molecule has 4 aromatic rings. The molecule has 0 aliphatic heterocycles. The molecule has 1 aliphatic rings. The molecule has 0 spiro atoms. The van der Waals surface area contributed by atoms with Gasteiger partial charge in [-0.1, -0.05) is 43.2 Å². The van der Waals surface area contributed by atoms with Crippen molar-refractivity contribution in [3.05, 3.63) is 78.6 Å². The van der Waals surface area contributed by atoms with Crippen LogP contribution in [0.3, 0.4) is 0 Å². The number of pyridine rings is 2. The summed E-state index contributed by atoms with van der Waals surface area (Å²) < 4.78 is 5.94. The van der Waals surface area contributed by atoms with Crippen LogP contribution in [0.15, 0.2) is 72.9 Å². The minimum absolute atomic E-state index is 0.521. The Hall–Kier alpha value is -3.40. The van der Waals surface area contributed by atoms with Crippen LogP contribution in [-0.4, -0.2) is 9.97 Å². The first-order valence-corrected chi connectivity index (χ1v) is 10.2. The summed E-state index contributed by atoms with van der Waals surface area (Å²) in [7, 11) is 0. The van der Waals surface area contributed by atoms with Crippen molar-refractivity contribution in [1.29, 1.82) is 0 Å². The molecular formula is C25H23N3O. The molecule has 144 valence electrons. The van der Waals surface area contributed by atoms with E-state index in [0.29, 0.717) is 11.7 Å². The lowest BCUT2D eigenvalue weighted by atomic mass is 9.95. The number of nitrogens with zero attached hydrogens (tertiary/aromatic N) is 2. The molecule has 0 amide bonds. The first-order valence-electron chi connectivity index (χ1n) is 10.2. The molecule has 0 saturated heterocycles. The van der Waals surface area contributed by atoms with E-state index in [1.807, 2.05) is 48.5 Å². The third-order valence-electron chi connectivity index (χ3n) is 5.69. The molecule has 0 unspecified atom stereocenters. The third kappa shape index (κ3) is 3.54. The highest BCUT2D eigenvalue weighted by molar-refractivity contribution is 6.01. The van der Waals surface area contributed by atoms with E-state index >= 15 is 0 Å². The normalized spacial score (nSPS) is 14.3. The standard InChI is InChI=1S/C25H23N3O/c26-25-24-21(16-23(18-6-4-5-7-18)28-22(24)14-15-27-25)17-10-12-20(13-11-17)29-19-8-2-1-3-9-19/h1-3,8-16,18H,4-7H2,(H2,26,27). The van der Waals surface area contributed by atoms with Crippen LogP contribution in [0.2, 0.25) is 0 Å². The molecule has 2 aromatic heterocycles. The summed E-state index contributed by atoms with van der Waals surface area (Å²) in [6, 6.07) is 22.1. The molecule has 4 nitrogen and oxygen atoms in total. The largest absolute Gasteiger partial charge is 0.457 e. The molecule has 0 atom stereocenters. The van der Waals surface area contributed by atoms with Crippen molar-refractivity contribution in [2.45, 2.75) is 31.6 Å². The SMILES string of the molecule is Nc1nccc2nc(C3CCCC3)cc(-c3ccc(Oc4ccccc4)cc3)c12. The Balaban J connectivity index is 1.56. The average Bonchev–Trinajstić information content (AvgIpc) is 3.30. The zero-order valence-corrected chi connectivity index (χ0v) is 16.2. The van der Waals surface area contributed by atoms with Crippen molar-refractivity contribution in [1.82, 2.24) is 9.97 Å². The Labute approximate surface area is 170 Å². The van der Waals surface area contributed by atoms with Crippen LogP contribution in [0, 0.1) is 0 Å². The van der Waals surface area contributed by atoms with Crippen molar-refractivity contribution >= 4 is 16.7 Å². The molecule has 0 bridgehead atoms. The zero-order chi connectivity index (χ0) is 19.6. The fourth-order valence-corrected chi connectivity index (χ4v) is 4.21.